The number of anilines is 1. The van der Waals surface area contributed by atoms with Gasteiger partial charge in [-0.25, -0.2) is 13.6 Å². The Morgan fingerprint density at radius 3 is 2.74 bits per heavy atom. The van der Waals surface area contributed by atoms with E-state index in [9.17, 15) is 8.42 Å². The fourth-order valence-electron chi connectivity index (χ4n) is 2.10. The van der Waals surface area contributed by atoms with E-state index in [0.717, 1.165) is 12.2 Å². The minimum Gasteiger partial charge on any atom is -0.495 e. The van der Waals surface area contributed by atoms with Crippen LogP contribution in [0.25, 0.3) is 0 Å². The third-order valence-corrected chi connectivity index (χ3v) is 5.45. The summed E-state index contributed by atoms with van der Waals surface area (Å²) in [6.45, 7) is 2.16. The van der Waals surface area contributed by atoms with E-state index in [1.54, 1.807) is 13.2 Å². The van der Waals surface area contributed by atoms with E-state index in [0.29, 0.717) is 22.7 Å². The van der Waals surface area contributed by atoms with Crippen LogP contribution in [0.2, 0.25) is 0 Å². The summed E-state index contributed by atoms with van der Waals surface area (Å²) < 4.78 is 28.0. The van der Waals surface area contributed by atoms with Gasteiger partial charge in [-0.05, 0) is 30.4 Å². The lowest BCUT2D eigenvalue weighted by Crippen LogP contribution is -2.25. The highest BCUT2D eigenvalue weighted by atomic mass is 32.2. The summed E-state index contributed by atoms with van der Waals surface area (Å²) in [6.07, 6.45) is 1.05. The van der Waals surface area contributed by atoms with Crippen molar-refractivity contribution < 1.29 is 13.2 Å². The van der Waals surface area contributed by atoms with Crippen LogP contribution in [0, 0.1) is 0 Å². The van der Waals surface area contributed by atoms with Crippen LogP contribution in [-0.2, 0) is 10.0 Å². The molecule has 0 bridgehead atoms. The molecule has 1 aromatic carbocycles. The predicted molar refractivity (Wildman–Crippen MR) is 78.3 cm³/mol. The number of nitrogens with one attached hydrogen (secondary N) is 1. The average Bonchev–Trinajstić information content (AvgIpc) is 2.74. The molecule has 0 aliphatic carbocycles. The lowest BCUT2D eigenvalue weighted by atomic mass is 10.1. The molecule has 2 atom stereocenters. The van der Waals surface area contributed by atoms with E-state index in [1.807, 2.05) is 11.8 Å². The van der Waals surface area contributed by atoms with Crippen LogP contribution >= 0.6 is 11.8 Å². The fraction of sp³-hybridized carbons (Fsp3) is 0.500. The van der Waals surface area contributed by atoms with Gasteiger partial charge in [-0.3, -0.25) is 0 Å². The minimum atomic E-state index is -3.70. The van der Waals surface area contributed by atoms with Crippen LogP contribution < -0.4 is 15.2 Å². The third-order valence-electron chi connectivity index (χ3n) is 3.22. The molecule has 5 nitrogen and oxygen atoms in total. The number of benzene rings is 1. The highest BCUT2D eigenvalue weighted by Gasteiger charge is 2.25. The van der Waals surface area contributed by atoms with Crippen molar-refractivity contribution in [2.75, 3.05) is 18.2 Å². The second-order valence-electron chi connectivity index (χ2n) is 4.52. The summed E-state index contributed by atoms with van der Waals surface area (Å²) in [6, 6.07) is 4.92. The van der Waals surface area contributed by atoms with Crippen LogP contribution in [0.15, 0.2) is 23.1 Å². The Labute approximate surface area is 118 Å². The molecular formula is C12H18N2O3S2. The number of thioether (sulfide) groups is 1. The van der Waals surface area contributed by atoms with Gasteiger partial charge in [-0.2, -0.15) is 11.8 Å². The maximum absolute atomic E-state index is 11.4. The molecule has 19 heavy (non-hydrogen) atoms. The van der Waals surface area contributed by atoms with E-state index in [4.69, 9.17) is 9.88 Å². The van der Waals surface area contributed by atoms with Crippen molar-refractivity contribution in [1.82, 2.24) is 0 Å². The van der Waals surface area contributed by atoms with Crippen LogP contribution in [-0.4, -0.2) is 32.6 Å². The number of nitrogens with two attached hydrogens (primary N) is 1. The molecule has 1 aromatic rings. The molecule has 0 saturated carbocycles. The first kappa shape index (κ1) is 14.5. The molecule has 7 heteroatoms. The van der Waals surface area contributed by atoms with Gasteiger partial charge < -0.3 is 10.1 Å². The summed E-state index contributed by atoms with van der Waals surface area (Å²) in [5.74, 6) is 1.73. The summed E-state index contributed by atoms with van der Waals surface area (Å²) in [5, 5.41) is 9.00. The Morgan fingerprint density at radius 1 is 1.47 bits per heavy atom. The first-order chi connectivity index (χ1) is 8.91. The van der Waals surface area contributed by atoms with Crippen molar-refractivity contribution in [2.45, 2.75) is 29.5 Å². The summed E-state index contributed by atoms with van der Waals surface area (Å²) in [7, 11) is -2.14. The first-order valence-corrected chi connectivity index (χ1v) is 8.60. The number of hydrogen-bond acceptors (Lipinski definition) is 5. The molecule has 1 aliphatic heterocycles. The molecule has 106 valence electrons. The third kappa shape index (κ3) is 3.34. The summed E-state index contributed by atoms with van der Waals surface area (Å²) in [5.41, 5.74) is 0.674. The minimum absolute atomic E-state index is 0.0918. The van der Waals surface area contributed by atoms with Gasteiger partial charge in [0.2, 0.25) is 10.0 Å². The Balaban J connectivity index is 2.31. The fourth-order valence-corrected chi connectivity index (χ4v) is 3.84. The quantitative estimate of drug-likeness (QED) is 0.884. The lowest BCUT2D eigenvalue weighted by Gasteiger charge is -2.20. The van der Waals surface area contributed by atoms with Crippen molar-refractivity contribution in [1.29, 1.82) is 0 Å². The lowest BCUT2D eigenvalue weighted by molar-refractivity contribution is 0.415. The molecule has 2 unspecified atom stereocenters. The van der Waals surface area contributed by atoms with Crippen molar-refractivity contribution in [3.05, 3.63) is 18.2 Å². The zero-order chi connectivity index (χ0) is 14.0. The average molecular weight is 302 g/mol. The second-order valence-corrected chi connectivity index (χ2v) is 7.57. The van der Waals surface area contributed by atoms with Crippen molar-refractivity contribution in [2.24, 2.45) is 5.14 Å². The zero-order valence-electron chi connectivity index (χ0n) is 10.9. The van der Waals surface area contributed by atoms with Crippen LogP contribution in [0.3, 0.4) is 0 Å². The number of hydrogen-bond donors (Lipinski definition) is 2. The highest BCUT2D eigenvalue weighted by Crippen LogP contribution is 2.33. The van der Waals surface area contributed by atoms with E-state index in [2.05, 4.69) is 12.2 Å². The van der Waals surface area contributed by atoms with Crippen LogP contribution in [0.4, 0.5) is 5.69 Å². The molecule has 0 spiro atoms. The van der Waals surface area contributed by atoms with Gasteiger partial charge in [0.05, 0.1) is 17.7 Å². The first-order valence-electron chi connectivity index (χ1n) is 6.01. The Bertz CT molecular complexity index is 560. The summed E-state index contributed by atoms with van der Waals surface area (Å²) in [4.78, 5) is 0.0918. The molecule has 0 aromatic heterocycles. The van der Waals surface area contributed by atoms with Gasteiger partial charge in [0.15, 0.2) is 0 Å². The van der Waals surface area contributed by atoms with Gasteiger partial charge >= 0.3 is 0 Å². The van der Waals surface area contributed by atoms with Crippen molar-refractivity contribution in [3.8, 4) is 5.75 Å². The van der Waals surface area contributed by atoms with E-state index < -0.39 is 10.0 Å². The largest absolute Gasteiger partial charge is 0.495 e. The highest BCUT2D eigenvalue weighted by molar-refractivity contribution is 8.00. The maximum atomic E-state index is 11.4. The molecule has 0 amide bonds. The van der Waals surface area contributed by atoms with Crippen LogP contribution in [0.5, 0.6) is 5.75 Å². The van der Waals surface area contributed by atoms with Gasteiger partial charge in [-0.1, -0.05) is 6.92 Å². The topological polar surface area (TPSA) is 81.4 Å². The van der Waals surface area contributed by atoms with E-state index in [-0.39, 0.29) is 4.90 Å². The second kappa shape index (κ2) is 5.60. The molecule has 3 N–H and O–H groups in total. The Hall–Kier alpha value is -0.920. The monoisotopic (exact) mass is 302 g/mol. The van der Waals surface area contributed by atoms with Crippen molar-refractivity contribution >= 4 is 27.5 Å². The standard InChI is InChI=1S/C12H18N2O3S2/c1-8-10(5-6-18-8)14-11-7-9(19(13,15)16)3-4-12(11)17-2/h3-4,7-8,10,14H,5-6H2,1-2H3,(H2,13,15,16). The molecule has 1 aliphatic rings. The summed E-state index contributed by atoms with van der Waals surface area (Å²) >= 11 is 1.90. The maximum Gasteiger partial charge on any atom is 0.238 e. The number of rotatable bonds is 4. The van der Waals surface area contributed by atoms with Crippen molar-refractivity contribution in [3.63, 3.8) is 0 Å². The Kier molecular flexibility index (Phi) is 4.27. The molecule has 1 heterocycles. The SMILES string of the molecule is COc1ccc(S(N)(=O)=O)cc1NC1CCSC1C. The van der Waals surface area contributed by atoms with Crippen LogP contribution in [0.1, 0.15) is 13.3 Å². The molecule has 1 fully saturated rings. The van der Waals surface area contributed by atoms with E-state index in [1.165, 1.54) is 12.1 Å². The number of sulfonamides is 1. The predicted octanol–water partition coefficient (Wildman–Crippen LogP) is 1.65. The normalized spacial score (nSPS) is 23.3. The number of primary sulfonamides is 1. The van der Waals surface area contributed by atoms with Gasteiger partial charge in [0.1, 0.15) is 5.75 Å². The van der Waals surface area contributed by atoms with Gasteiger partial charge in [0.25, 0.3) is 0 Å². The molecule has 0 radical (unpaired) electrons. The number of methoxy groups -OCH3 is 1. The molecular weight excluding hydrogens is 284 g/mol. The van der Waals surface area contributed by atoms with Gasteiger partial charge in [0, 0.05) is 11.3 Å². The number of ether oxygens (including phenoxy) is 1. The van der Waals surface area contributed by atoms with Gasteiger partial charge in [-0.15, -0.1) is 0 Å². The van der Waals surface area contributed by atoms with E-state index >= 15 is 0 Å². The molecule has 1 saturated heterocycles. The zero-order valence-corrected chi connectivity index (χ0v) is 12.6. The molecule has 2 rings (SSSR count). The smallest absolute Gasteiger partial charge is 0.238 e. The Morgan fingerprint density at radius 2 is 2.21 bits per heavy atom.